The second-order valence-corrected chi connectivity index (χ2v) is 5.27. The lowest BCUT2D eigenvalue weighted by atomic mass is 10.1. The van der Waals surface area contributed by atoms with E-state index in [1.165, 1.54) is 6.21 Å². The molecule has 0 bridgehead atoms. The Kier molecular flexibility index (Phi) is 6.84. The Morgan fingerprint density at radius 1 is 0.923 bits per heavy atom. The van der Waals surface area contributed by atoms with Gasteiger partial charge in [0.2, 0.25) is 5.91 Å². The average molecular weight is 358 g/mol. The largest absolute Gasteiger partial charge is 0.497 e. The minimum Gasteiger partial charge on any atom is -0.497 e. The first kappa shape index (κ1) is 19.1. The molecule has 0 fully saturated rings. The van der Waals surface area contributed by atoms with E-state index in [2.05, 4.69) is 10.5 Å². The van der Waals surface area contributed by atoms with Gasteiger partial charge >= 0.3 is 0 Å². The summed E-state index contributed by atoms with van der Waals surface area (Å²) in [6.45, 7) is 0. The number of hydrogen-bond acceptors (Lipinski definition) is 6. The van der Waals surface area contributed by atoms with Gasteiger partial charge in [-0.05, 0) is 29.8 Å². The Bertz CT molecular complexity index is 789. The van der Waals surface area contributed by atoms with Crippen LogP contribution in [0.15, 0.2) is 41.5 Å². The van der Waals surface area contributed by atoms with E-state index in [4.69, 9.17) is 18.9 Å². The lowest BCUT2D eigenvalue weighted by molar-refractivity contribution is -0.120. The summed E-state index contributed by atoms with van der Waals surface area (Å²) in [5.41, 5.74) is 4.01. The molecule has 0 saturated carbocycles. The van der Waals surface area contributed by atoms with Gasteiger partial charge in [-0.2, -0.15) is 5.10 Å². The summed E-state index contributed by atoms with van der Waals surface area (Å²) in [7, 11) is 6.25. The van der Waals surface area contributed by atoms with Crippen LogP contribution in [0.1, 0.15) is 11.1 Å². The molecule has 0 atom stereocenters. The average Bonchev–Trinajstić information content (AvgIpc) is 2.67. The van der Waals surface area contributed by atoms with Crippen molar-refractivity contribution in [1.29, 1.82) is 0 Å². The van der Waals surface area contributed by atoms with Crippen molar-refractivity contribution in [2.24, 2.45) is 5.10 Å². The zero-order valence-corrected chi connectivity index (χ0v) is 15.2. The Morgan fingerprint density at radius 2 is 1.65 bits per heavy atom. The summed E-state index contributed by atoms with van der Waals surface area (Å²) in [6, 6.07) is 10.6. The van der Waals surface area contributed by atoms with E-state index in [0.717, 1.165) is 11.1 Å². The summed E-state index contributed by atoms with van der Waals surface area (Å²) in [5.74, 6) is 2.21. The van der Waals surface area contributed by atoms with E-state index in [9.17, 15) is 4.79 Å². The van der Waals surface area contributed by atoms with Crippen molar-refractivity contribution in [3.8, 4) is 23.0 Å². The van der Waals surface area contributed by atoms with Gasteiger partial charge < -0.3 is 18.9 Å². The fraction of sp³-hybridized carbons (Fsp3) is 0.263. The lowest BCUT2D eigenvalue weighted by Crippen LogP contribution is -2.19. The molecule has 7 heteroatoms. The van der Waals surface area contributed by atoms with Crippen molar-refractivity contribution in [1.82, 2.24) is 5.43 Å². The summed E-state index contributed by atoms with van der Waals surface area (Å²) in [5, 5.41) is 3.98. The van der Waals surface area contributed by atoms with Crippen molar-refractivity contribution < 1.29 is 23.7 Å². The van der Waals surface area contributed by atoms with Crippen LogP contribution in [0.2, 0.25) is 0 Å². The maximum atomic E-state index is 12.1. The van der Waals surface area contributed by atoms with Gasteiger partial charge in [-0.25, -0.2) is 5.43 Å². The molecule has 1 amide bonds. The molecule has 0 unspecified atom stereocenters. The smallest absolute Gasteiger partial charge is 0.244 e. The quantitative estimate of drug-likeness (QED) is 0.579. The second kappa shape index (κ2) is 9.31. The molecule has 7 nitrogen and oxygen atoms in total. The van der Waals surface area contributed by atoms with E-state index in [1.807, 2.05) is 0 Å². The molecule has 0 heterocycles. The third-order valence-corrected chi connectivity index (χ3v) is 3.65. The lowest BCUT2D eigenvalue weighted by Gasteiger charge is -2.09. The fourth-order valence-electron chi connectivity index (χ4n) is 2.31. The van der Waals surface area contributed by atoms with Crippen LogP contribution in [0, 0.1) is 0 Å². The van der Waals surface area contributed by atoms with Crippen molar-refractivity contribution >= 4 is 12.1 Å². The number of benzene rings is 2. The molecule has 0 radical (unpaired) electrons. The van der Waals surface area contributed by atoms with E-state index in [1.54, 1.807) is 64.8 Å². The van der Waals surface area contributed by atoms with Crippen LogP contribution in [0.25, 0.3) is 0 Å². The third-order valence-electron chi connectivity index (χ3n) is 3.65. The third kappa shape index (κ3) is 4.89. The van der Waals surface area contributed by atoms with Crippen LogP contribution in [-0.2, 0) is 11.2 Å². The van der Waals surface area contributed by atoms with Crippen molar-refractivity contribution in [3.05, 3.63) is 47.5 Å². The number of amides is 1. The minimum atomic E-state index is -0.249. The molecular weight excluding hydrogens is 336 g/mol. The molecule has 0 saturated heterocycles. The van der Waals surface area contributed by atoms with Gasteiger partial charge in [0.15, 0.2) is 11.5 Å². The van der Waals surface area contributed by atoms with Crippen molar-refractivity contribution in [3.63, 3.8) is 0 Å². The van der Waals surface area contributed by atoms with Crippen LogP contribution in [0.3, 0.4) is 0 Å². The number of methoxy groups -OCH3 is 4. The molecule has 0 aliphatic rings. The zero-order chi connectivity index (χ0) is 18.9. The van der Waals surface area contributed by atoms with Gasteiger partial charge in [-0.3, -0.25) is 4.79 Å². The van der Waals surface area contributed by atoms with Crippen LogP contribution in [0.5, 0.6) is 23.0 Å². The maximum absolute atomic E-state index is 12.1. The highest BCUT2D eigenvalue weighted by Crippen LogP contribution is 2.27. The molecule has 0 spiro atoms. The minimum absolute atomic E-state index is 0.164. The van der Waals surface area contributed by atoms with Crippen LogP contribution < -0.4 is 24.4 Å². The SMILES string of the molecule is COc1ccc(/C=N/NC(=O)Cc2ccc(OC)c(OC)c2)c(OC)c1. The van der Waals surface area contributed by atoms with Crippen LogP contribution >= 0.6 is 0 Å². The van der Waals surface area contributed by atoms with Gasteiger partial charge in [-0.15, -0.1) is 0 Å². The normalized spacial score (nSPS) is 10.5. The predicted octanol–water partition coefficient (Wildman–Crippen LogP) is 2.41. The summed E-state index contributed by atoms with van der Waals surface area (Å²) < 4.78 is 20.8. The first-order valence-corrected chi connectivity index (χ1v) is 7.86. The van der Waals surface area contributed by atoms with Gasteiger partial charge in [0, 0.05) is 11.6 Å². The Morgan fingerprint density at radius 3 is 2.31 bits per heavy atom. The number of rotatable bonds is 8. The molecule has 2 rings (SSSR count). The van der Waals surface area contributed by atoms with Crippen molar-refractivity contribution in [2.45, 2.75) is 6.42 Å². The first-order chi connectivity index (χ1) is 12.6. The molecule has 0 aliphatic carbocycles. The van der Waals surface area contributed by atoms with E-state index < -0.39 is 0 Å². The fourth-order valence-corrected chi connectivity index (χ4v) is 2.31. The molecule has 0 aliphatic heterocycles. The summed E-state index contributed by atoms with van der Waals surface area (Å²) in [4.78, 5) is 12.1. The highest BCUT2D eigenvalue weighted by molar-refractivity contribution is 5.86. The number of ether oxygens (including phenoxy) is 4. The molecule has 1 N–H and O–H groups in total. The van der Waals surface area contributed by atoms with Crippen LogP contribution in [-0.4, -0.2) is 40.6 Å². The second-order valence-electron chi connectivity index (χ2n) is 5.27. The van der Waals surface area contributed by atoms with E-state index in [-0.39, 0.29) is 12.3 Å². The topological polar surface area (TPSA) is 78.4 Å². The highest BCUT2D eigenvalue weighted by Gasteiger charge is 2.08. The molecule has 0 aromatic heterocycles. The zero-order valence-electron chi connectivity index (χ0n) is 15.2. The number of carbonyl (C=O) groups is 1. The number of hydrogen-bond donors (Lipinski definition) is 1. The molecule has 26 heavy (non-hydrogen) atoms. The number of nitrogens with zero attached hydrogens (tertiary/aromatic N) is 1. The van der Waals surface area contributed by atoms with Gasteiger partial charge in [0.1, 0.15) is 11.5 Å². The van der Waals surface area contributed by atoms with Gasteiger partial charge in [0.05, 0.1) is 41.1 Å². The molecular formula is C19H22N2O5. The molecule has 2 aromatic rings. The monoisotopic (exact) mass is 358 g/mol. The summed E-state index contributed by atoms with van der Waals surface area (Å²) in [6.07, 6.45) is 1.68. The van der Waals surface area contributed by atoms with E-state index >= 15 is 0 Å². The predicted molar refractivity (Wildman–Crippen MR) is 98.5 cm³/mol. The molecule has 2 aromatic carbocycles. The Balaban J connectivity index is 1.99. The summed E-state index contributed by atoms with van der Waals surface area (Å²) >= 11 is 0. The first-order valence-electron chi connectivity index (χ1n) is 7.86. The number of carbonyl (C=O) groups excluding carboxylic acids is 1. The van der Waals surface area contributed by atoms with Gasteiger partial charge in [-0.1, -0.05) is 6.07 Å². The maximum Gasteiger partial charge on any atom is 0.244 e. The van der Waals surface area contributed by atoms with Crippen molar-refractivity contribution in [2.75, 3.05) is 28.4 Å². The Labute approximate surface area is 152 Å². The highest BCUT2D eigenvalue weighted by atomic mass is 16.5. The van der Waals surface area contributed by atoms with Crippen LogP contribution in [0.4, 0.5) is 0 Å². The number of hydrazone groups is 1. The standard InChI is InChI=1S/C19H22N2O5/c1-23-15-7-6-14(17(11-15)25-3)12-20-21-19(22)10-13-5-8-16(24-2)18(9-13)26-4/h5-9,11-12H,10H2,1-4H3,(H,21,22)/b20-12+. The van der Waals surface area contributed by atoms with E-state index in [0.29, 0.717) is 23.0 Å². The van der Waals surface area contributed by atoms with Gasteiger partial charge in [0.25, 0.3) is 0 Å². The number of nitrogens with one attached hydrogen (secondary N) is 1. The molecule has 138 valence electrons. The Hall–Kier alpha value is -3.22.